The molecule has 2 rings (SSSR count). The molecule has 0 heterocycles. The minimum Gasteiger partial charge on any atom is -0.295 e. The van der Waals surface area contributed by atoms with Gasteiger partial charge in [-0.2, -0.15) is 0 Å². The van der Waals surface area contributed by atoms with Gasteiger partial charge in [-0.1, -0.05) is 35.3 Å². The Bertz CT molecular complexity index is 488. The van der Waals surface area contributed by atoms with Gasteiger partial charge in [-0.25, -0.2) is 0 Å². The van der Waals surface area contributed by atoms with E-state index in [9.17, 15) is 4.79 Å². The average molecular weight is 318 g/mol. The molecule has 4 heteroatoms. The van der Waals surface area contributed by atoms with Crippen molar-refractivity contribution in [1.82, 2.24) is 0 Å². The molecule has 0 atom stereocenters. The Balaban J connectivity index is 1.98. The van der Waals surface area contributed by atoms with E-state index in [1.807, 2.05) is 6.07 Å². The standard InChI is InChI=1S/C15H15Cl3O/c16-12-5-3-11(4-6-12)15(19)8-2-10-1-7-13(17)14(18)9-10/h1-2,7-9,11-12H,3-6H2/b8-2+. The first kappa shape index (κ1) is 14.9. The van der Waals surface area contributed by atoms with Crippen molar-refractivity contribution in [1.29, 1.82) is 0 Å². The lowest BCUT2D eigenvalue weighted by atomic mass is 9.85. The van der Waals surface area contributed by atoms with E-state index in [1.165, 1.54) is 0 Å². The van der Waals surface area contributed by atoms with Crippen molar-refractivity contribution in [3.8, 4) is 0 Å². The van der Waals surface area contributed by atoms with Crippen molar-refractivity contribution in [3.63, 3.8) is 0 Å². The second kappa shape index (κ2) is 6.78. The fourth-order valence-corrected chi connectivity index (χ4v) is 2.83. The summed E-state index contributed by atoms with van der Waals surface area (Å²) in [5, 5.41) is 1.26. The summed E-state index contributed by atoms with van der Waals surface area (Å²) in [6, 6.07) is 5.32. The van der Waals surface area contributed by atoms with Gasteiger partial charge in [0.1, 0.15) is 0 Å². The highest BCUT2D eigenvalue weighted by Crippen LogP contribution is 2.29. The second-order valence-electron chi connectivity index (χ2n) is 4.86. The first-order chi connectivity index (χ1) is 9.06. The third-order valence-electron chi connectivity index (χ3n) is 3.44. The molecule has 1 aliphatic carbocycles. The maximum atomic E-state index is 12.0. The first-order valence-electron chi connectivity index (χ1n) is 6.37. The molecule has 0 spiro atoms. The van der Waals surface area contributed by atoms with Gasteiger partial charge >= 0.3 is 0 Å². The van der Waals surface area contributed by atoms with Crippen LogP contribution in [0.1, 0.15) is 31.2 Å². The van der Waals surface area contributed by atoms with Gasteiger partial charge in [-0.3, -0.25) is 4.79 Å². The number of carbonyl (C=O) groups is 1. The summed E-state index contributed by atoms with van der Waals surface area (Å²) < 4.78 is 0. The number of rotatable bonds is 3. The Hall–Kier alpha value is -0.500. The number of alkyl halides is 1. The highest BCUT2D eigenvalue weighted by Gasteiger charge is 2.23. The van der Waals surface area contributed by atoms with E-state index in [4.69, 9.17) is 34.8 Å². The minimum atomic E-state index is 0.119. The van der Waals surface area contributed by atoms with Crippen LogP contribution in [0, 0.1) is 5.92 Å². The van der Waals surface area contributed by atoms with Gasteiger partial charge in [0.25, 0.3) is 0 Å². The number of ketones is 1. The van der Waals surface area contributed by atoms with Gasteiger partial charge in [0, 0.05) is 11.3 Å². The topological polar surface area (TPSA) is 17.1 Å². The van der Waals surface area contributed by atoms with Crippen molar-refractivity contribution in [2.75, 3.05) is 0 Å². The largest absolute Gasteiger partial charge is 0.295 e. The molecule has 0 bridgehead atoms. The van der Waals surface area contributed by atoms with Crippen LogP contribution in [0.25, 0.3) is 6.08 Å². The quantitative estimate of drug-likeness (QED) is 0.541. The van der Waals surface area contributed by atoms with Crippen LogP contribution in [-0.2, 0) is 4.79 Å². The SMILES string of the molecule is O=C(/C=C/c1ccc(Cl)c(Cl)c1)C1CCC(Cl)CC1. The highest BCUT2D eigenvalue weighted by atomic mass is 35.5. The first-order valence-corrected chi connectivity index (χ1v) is 7.56. The summed E-state index contributed by atoms with van der Waals surface area (Å²) >= 11 is 17.8. The van der Waals surface area contributed by atoms with Gasteiger partial charge in [-0.05, 0) is 49.5 Å². The predicted molar refractivity (Wildman–Crippen MR) is 82.1 cm³/mol. The van der Waals surface area contributed by atoms with E-state index in [0.717, 1.165) is 31.2 Å². The van der Waals surface area contributed by atoms with Crippen molar-refractivity contribution < 1.29 is 4.79 Å². The molecule has 1 fully saturated rings. The molecule has 0 saturated heterocycles. The van der Waals surface area contributed by atoms with E-state index in [1.54, 1.807) is 24.3 Å². The smallest absolute Gasteiger partial charge is 0.158 e. The Labute approximate surface area is 128 Å². The third kappa shape index (κ3) is 4.24. The second-order valence-corrected chi connectivity index (χ2v) is 6.29. The van der Waals surface area contributed by atoms with Crippen LogP contribution in [0.2, 0.25) is 10.0 Å². The molecule has 0 amide bonds. The van der Waals surface area contributed by atoms with E-state index in [2.05, 4.69) is 0 Å². The maximum Gasteiger partial charge on any atom is 0.158 e. The zero-order valence-electron chi connectivity index (χ0n) is 10.4. The average Bonchev–Trinajstić information content (AvgIpc) is 2.40. The molecular weight excluding hydrogens is 303 g/mol. The molecule has 1 aliphatic rings. The van der Waals surface area contributed by atoms with E-state index >= 15 is 0 Å². The predicted octanol–water partition coefficient (Wildman–Crippen LogP) is 5.37. The summed E-state index contributed by atoms with van der Waals surface area (Å²) in [7, 11) is 0. The van der Waals surface area contributed by atoms with Crippen molar-refractivity contribution >= 4 is 46.7 Å². The summed E-state index contributed by atoms with van der Waals surface area (Å²) in [5.41, 5.74) is 0.883. The summed E-state index contributed by atoms with van der Waals surface area (Å²) in [5.74, 6) is 0.295. The Morgan fingerprint density at radius 2 is 1.79 bits per heavy atom. The molecule has 0 aromatic heterocycles. The molecule has 0 N–H and O–H groups in total. The van der Waals surface area contributed by atoms with Gasteiger partial charge < -0.3 is 0 Å². The maximum absolute atomic E-state index is 12.0. The third-order valence-corrected chi connectivity index (χ3v) is 4.62. The van der Waals surface area contributed by atoms with Crippen LogP contribution >= 0.6 is 34.8 Å². The Morgan fingerprint density at radius 1 is 1.11 bits per heavy atom. The van der Waals surface area contributed by atoms with Crippen LogP contribution in [0.3, 0.4) is 0 Å². The number of halogens is 3. The minimum absolute atomic E-state index is 0.119. The van der Waals surface area contributed by atoms with Crippen LogP contribution in [0.15, 0.2) is 24.3 Å². The van der Waals surface area contributed by atoms with E-state index in [-0.39, 0.29) is 17.1 Å². The fraction of sp³-hybridized carbons (Fsp3) is 0.400. The number of benzene rings is 1. The molecule has 1 saturated carbocycles. The lowest BCUT2D eigenvalue weighted by Gasteiger charge is -2.22. The van der Waals surface area contributed by atoms with E-state index < -0.39 is 0 Å². The van der Waals surface area contributed by atoms with Crippen LogP contribution < -0.4 is 0 Å². The van der Waals surface area contributed by atoms with Gasteiger partial charge in [0.15, 0.2) is 5.78 Å². The van der Waals surface area contributed by atoms with Crippen LogP contribution in [-0.4, -0.2) is 11.2 Å². The number of hydrogen-bond donors (Lipinski definition) is 0. The highest BCUT2D eigenvalue weighted by molar-refractivity contribution is 6.42. The molecule has 0 radical (unpaired) electrons. The summed E-state index contributed by atoms with van der Waals surface area (Å²) in [6.45, 7) is 0. The zero-order chi connectivity index (χ0) is 13.8. The molecule has 1 nitrogen and oxygen atoms in total. The summed E-state index contributed by atoms with van der Waals surface area (Å²) in [4.78, 5) is 12.0. The fourth-order valence-electron chi connectivity index (χ4n) is 2.27. The number of allylic oxidation sites excluding steroid dienone is 1. The van der Waals surface area contributed by atoms with Crippen LogP contribution in [0.4, 0.5) is 0 Å². The van der Waals surface area contributed by atoms with Crippen molar-refractivity contribution in [3.05, 3.63) is 39.9 Å². The number of hydrogen-bond acceptors (Lipinski definition) is 1. The van der Waals surface area contributed by atoms with Gasteiger partial charge in [-0.15, -0.1) is 11.6 Å². The normalized spacial score (nSPS) is 23.7. The zero-order valence-corrected chi connectivity index (χ0v) is 12.7. The summed E-state index contributed by atoms with van der Waals surface area (Å²) in [6.07, 6.45) is 7.06. The molecule has 0 aliphatic heterocycles. The van der Waals surface area contributed by atoms with Gasteiger partial charge in [0.05, 0.1) is 10.0 Å². The van der Waals surface area contributed by atoms with Crippen molar-refractivity contribution in [2.24, 2.45) is 5.92 Å². The lowest BCUT2D eigenvalue weighted by Crippen LogP contribution is -2.20. The Kier molecular flexibility index (Phi) is 5.32. The molecular formula is C15H15Cl3O. The molecule has 0 unspecified atom stereocenters. The van der Waals surface area contributed by atoms with Crippen LogP contribution in [0.5, 0.6) is 0 Å². The van der Waals surface area contributed by atoms with Crippen molar-refractivity contribution in [2.45, 2.75) is 31.1 Å². The molecule has 1 aromatic rings. The molecule has 1 aromatic carbocycles. The number of carbonyl (C=O) groups excluding carboxylic acids is 1. The van der Waals surface area contributed by atoms with E-state index in [0.29, 0.717) is 10.0 Å². The Morgan fingerprint density at radius 3 is 2.42 bits per heavy atom. The molecule has 19 heavy (non-hydrogen) atoms. The lowest BCUT2D eigenvalue weighted by molar-refractivity contribution is -0.118. The monoisotopic (exact) mass is 316 g/mol. The van der Waals surface area contributed by atoms with Gasteiger partial charge in [0.2, 0.25) is 0 Å². The molecule has 102 valence electrons.